The summed E-state index contributed by atoms with van der Waals surface area (Å²) < 4.78 is 0. The van der Waals surface area contributed by atoms with E-state index in [2.05, 4.69) is 62.6 Å². The fourth-order valence-electron chi connectivity index (χ4n) is 3.73. The van der Waals surface area contributed by atoms with E-state index in [0.29, 0.717) is 11.1 Å². The van der Waals surface area contributed by atoms with Crippen LogP contribution in [-0.4, -0.2) is 13.2 Å². The molecule has 3 rings (SSSR count). The molecular formula is C21H22N4. The van der Waals surface area contributed by atoms with Crippen LogP contribution in [0.1, 0.15) is 40.3 Å². The van der Waals surface area contributed by atoms with Crippen LogP contribution >= 0.6 is 0 Å². The van der Waals surface area contributed by atoms with E-state index in [9.17, 15) is 10.5 Å². The average Bonchev–Trinajstić information content (AvgIpc) is 2.84. The van der Waals surface area contributed by atoms with Crippen molar-refractivity contribution in [3.05, 3.63) is 51.6 Å². The van der Waals surface area contributed by atoms with Crippen LogP contribution in [0.25, 0.3) is 0 Å². The van der Waals surface area contributed by atoms with E-state index in [1.165, 1.54) is 22.3 Å². The molecule has 0 bridgehead atoms. The van der Waals surface area contributed by atoms with Crippen LogP contribution in [0.5, 0.6) is 0 Å². The maximum atomic E-state index is 9.75. The number of fused-ring (bicyclic) bond motifs is 1. The van der Waals surface area contributed by atoms with Gasteiger partial charge in [-0.3, -0.25) is 0 Å². The van der Waals surface area contributed by atoms with Crippen LogP contribution in [0, 0.1) is 50.4 Å². The van der Waals surface area contributed by atoms with Gasteiger partial charge in [0, 0.05) is 12.7 Å². The van der Waals surface area contributed by atoms with E-state index in [-0.39, 0.29) is 6.17 Å². The summed E-state index contributed by atoms with van der Waals surface area (Å²) >= 11 is 0. The number of hydrogen-bond donors (Lipinski definition) is 0. The summed E-state index contributed by atoms with van der Waals surface area (Å²) in [5.74, 6) is 0. The van der Waals surface area contributed by atoms with Crippen LogP contribution in [0.2, 0.25) is 0 Å². The van der Waals surface area contributed by atoms with Crippen molar-refractivity contribution in [3.8, 4) is 12.1 Å². The maximum absolute atomic E-state index is 9.75. The van der Waals surface area contributed by atoms with Gasteiger partial charge in [-0.15, -0.1) is 0 Å². The average molecular weight is 330 g/mol. The highest BCUT2D eigenvalue weighted by Crippen LogP contribution is 2.48. The highest BCUT2D eigenvalue weighted by Gasteiger charge is 2.36. The molecule has 1 atom stereocenters. The fraction of sp³-hybridized carbons (Fsp3) is 0.333. The molecular weight excluding hydrogens is 308 g/mol. The van der Waals surface area contributed by atoms with Crippen LogP contribution in [0.15, 0.2) is 18.2 Å². The topological polar surface area (TPSA) is 54.1 Å². The first kappa shape index (κ1) is 16.9. The molecule has 0 saturated heterocycles. The summed E-state index contributed by atoms with van der Waals surface area (Å²) in [5, 5.41) is 19.2. The van der Waals surface area contributed by atoms with Crippen molar-refractivity contribution in [2.75, 3.05) is 16.8 Å². The Balaban J connectivity index is 2.40. The molecule has 0 aliphatic carbocycles. The molecule has 1 aliphatic rings. The van der Waals surface area contributed by atoms with E-state index < -0.39 is 0 Å². The summed E-state index contributed by atoms with van der Waals surface area (Å²) in [5.41, 5.74) is 8.73. The fourth-order valence-corrected chi connectivity index (χ4v) is 3.73. The second-order valence-electron chi connectivity index (χ2n) is 6.80. The van der Waals surface area contributed by atoms with Crippen molar-refractivity contribution in [2.45, 2.75) is 40.8 Å². The van der Waals surface area contributed by atoms with E-state index >= 15 is 0 Å². The van der Waals surface area contributed by atoms with Gasteiger partial charge in [0.05, 0.1) is 22.5 Å². The number of benzene rings is 2. The van der Waals surface area contributed by atoms with Gasteiger partial charge >= 0.3 is 0 Å². The van der Waals surface area contributed by atoms with Crippen LogP contribution in [-0.2, 0) is 0 Å². The minimum Gasteiger partial charge on any atom is -0.352 e. The van der Waals surface area contributed by atoms with Gasteiger partial charge in [0.1, 0.15) is 18.3 Å². The lowest BCUT2D eigenvalue weighted by molar-refractivity contribution is 0.730. The van der Waals surface area contributed by atoms with Crippen molar-refractivity contribution in [3.63, 3.8) is 0 Å². The first-order valence-corrected chi connectivity index (χ1v) is 8.40. The molecule has 2 aromatic rings. The molecule has 25 heavy (non-hydrogen) atoms. The minimum atomic E-state index is 0.0645. The predicted octanol–water partition coefficient (Wildman–Crippen LogP) is 4.60. The van der Waals surface area contributed by atoms with E-state index in [4.69, 9.17) is 0 Å². The Bertz CT molecular complexity index is 933. The summed E-state index contributed by atoms with van der Waals surface area (Å²) in [6, 6.07) is 10.3. The van der Waals surface area contributed by atoms with Crippen molar-refractivity contribution < 1.29 is 0 Å². The zero-order valence-corrected chi connectivity index (χ0v) is 15.6. The van der Waals surface area contributed by atoms with Gasteiger partial charge in [0.2, 0.25) is 0 Å². The minimum absolute atomic E-state index is 0.0645. The number of rotatable bonds is 1. The second-order valence-corrected chi connectivity index (χ2v) is 6.80. The van der Waals surface area contributed by atoms with Crippen molar-refractivity contribution in [2.24, 2.45) is 0 Å². The van der Waals surface area contributed by atoms with E-state index in [1.807, 2.05) is 13.1 Å². The molecule has 2 aromatic carbocycles. The summed E-state index contributed by atoms with van der Waals surface area (Å²) in [7, 11) is 2.03. The van der Waals surface area contributed by atoms with Gasteiger partial charge in [0.25, 0.3) is 0 Å². The van der Waals surface area contributed by atoms with Crippen LogP contribution in [0.4, 0.5) is 17.1 Å². The van der Waals surface area contributed by atoms with Gasteiger partial charge in [0.15, 0.2) is 0 Å². The van der Waals surface area contributed by atoms with Gasteiger partial charge < -0.3 is 9.80 Å². The molecule has 1 heterocycles. The Hall–Kier alpha value is -2.98. The molecule has 0 amide bonds. The van der Waals surface area contributed by atoms with Crippen LogP contribution in [0.3, 0.4) is 0 Å². The van der Waals surface area contributed by atoms with Gasteiger partial charge in [-0.25, -0.2) is 0 Å². The number of anilines is 3. The molecule has 0 radical (unpaired) electrons. The molecule has 1 aliphatic heterocycles. The molecule has 0 N–H and O–H groups in total. The predicted molar refractivity (Wildman–Crippen MR) is 101 cm³/mol. The van der Waals surface area contributed by atoms with Gasteiger partial charge in [-0.05, 0) is 69.0 Å². The van der Waals surface area contributed by atoms with Crippen molar-refractivity contribution >= 4 is 17.1 Å². The largest absolute Gasteiger partial charge is 0.352 e. The Morgan fingerprint density at radius 3 is 2.04 bits per heavy atom. The number of hydrogen-bond acceptors (Lipinski definition) is 4. The first-order valence-electron chi connectivity index (χ1n) is 8.40. The third-order valence-corrected chi connectivity index (χ3v) is 5.51. The highest BCUT2D eigenvalue weighted by molar-refractivity contribution is 5.91. The second kappa shape index (κ2) is 5.83. The molecule has 4 nitrogen and oxygen atoms in total. The monoisotopic (exact) mass is 330 g/mol. The molecule has 0 unspecified atom stereocenters. The van der Waals surface area contributed by atoms with E-state index in [0.717, 1.165) is 17.1 Å². The van der Waals surface area contributed by atoms with Crippen molar-refractivity contribution in [1.82, 2.24) is 0 Å². The zero-order chi connectivity index (χ0) is 18.5. The highest BCUT2D eigenvalue weighted by atomic mass is 15.4. The molecule has 4 heteroatoms. The lowest BCUT2D eigenvalue weighted by Gasteiger charge is -2.32. The summed E-state index contributed by atoms with van der Waals surface area (Å²) in [6.45, 7) is 10.6. The molecule has 126 valence electrons. The molecule has 0 fully saturated rings. The van der Waals surface area contributed by atoms with Gasteiger partial charge in [-0.1, -0.05) is 6.07 Å². The SMILES string of the molecule is Cc1cc(C)c(C)c(N2c3c(ccc(C#N)c3C#N)N(C)[C@@H]2C)c1C. The Labute approximate surface area is 149 Å². The molecule has 0 saturated carbocycles. The Morgan fingerprint density at radius 2 is 1.52 bits per heavy atom. The summed E-state index contributed by atoms with van der Waals surface area (Å²) in [4.78, 5) is 4.38. The maximum Gasteiger partial charge on any atom is 0.103 e. The number of aryl methyl sites for hydroxylation is 2. The lowest BCUT2D eigenvalue weighted by atomic mass is 9.96. The van der Waals surface area contributed by atoms with Crippen molar-refractivity contribution in [1.29, 1.82) is 10.5 Å². The molecule has 0 spiro atoms. The smallest absolute Gasteiger partial charge is 0.103 e. The van der Waals surface area contributed by atoms with Crippen LogP contribution < -0.4 is 9.80 Å². The normalized spacial score (nSPS) is 15.8. The lowest BCUT2D eigenvalue weighted by Crippen LogP contribution is -2.36. The standard InChI is InChI=1S/C21H22N4/c1-12-9-13(2)15(4)20(14(12)3)25-16(5)24(6)19-8-7-17(10-22)18(11-23)21(19)25/h7-9,16H,1-6H3/t16-/m0/s1. The zero-order valence-electron chi connectivity index (χ0n) is 15.6. The summed E-state index contributed by atoms with van der Waals surface area (Å²) in [6.07, 6.45) is 0.0645. The molecule has 0 aromatic heterocycles. The number of nitriles is 2. The van der Waals surface area contributed by atoms with E-state index in [1.54, 1.807) is 6.07 Å². The van der Waals surface area contributed by atoms with Gasteiger partial charge in [-0.2, -0.15) is 10.5 Å². The third kappa shape index (κ3) is 2.26. The first-order chi connectivity index (χ1) is 11.8. The Morgan fingerprint density at radius 1 is 0.920 bits per heavy atom. The number of nitrogens with zero attached hydrogens (tertiary/aromatic N) is 4. The quantitative estimate of drug-likeness (QED) is 0.767. The third-order valence-electron chi connectivity index (χ3n) is 5.51. The Kier molecular flexibility index (Phi) is 3.93.